The predicted octanol–water partition coefficient (Wildman–Crippen LogP) is 7.27. The number of carbonyl (C=O) groups is 1. The highest BCUT2D eigenvalue weighted by atomic mass is 35.5. The lowest BCUT2D eigenvalue weighted by atomic mass is 9.71. The van der Waals surface area contributed by atoms with Gasteiger partial charge < -0.3 is 19.9 Å². The molecule has 0 aliphatic carbocycles. The SMILES string of the molecule is CCc1nc2ccc(Cl)cn2c1C(=O)NCc1ccc(N2CCC3(CC2)CCN(c2ccc(OC(F)(F)F)cc2)CC3)cc1. The zero-order valence-electron chi connectivity index (χ0n) is 24.5. The van der Waals surface area contributed by atoms with Gasteiger partial charge in [-0.05, 0) is 91.6 Å². The first-order valence-electron chi connectivity index (χ1n) is 15.0. The molecular weight excluding hydrogens is 591 g/mol. The largest absolute Gasteiger partial charge is 0.573 e. The fraction of sp³-hybridized carbons (Fsp3) is 0.394. The van der Waals surface area contributed by atoms with E-state index in [4.69, 9.17) is 11.6 Å². The number of pyridine rings is 1. The van der Waals surface area contributed by atoms with Gasteiger partial charge in [0.25, 0.3) is 5.91 Å². The zero-order valence-corrected chi connectivity index (χ0v) is 25.3. The number of piperidine rings is 2. The van der Waals surface area contributed by atoms with E-state index in [1.165, 1.54) is 17.8 Å². The molecule has 0 saturated carbocycles. The smallest absolute Gasteiger partial charge is 0.406 e. The second-order valence-corrected chi connectivity index (χ2v) is 12.1. The average Bonchev–Trinajstić information content (AvgIpc) is 3.38. The van der Waals surface area contributed by atoms with E-state index in [9.17, 15) is 18.0 Å². The Balaban J connectivity index is 0.995. The molecule has 44 heavy (non-hydrogen) atoms. The van der Waals surface area contributed by atoms with E-state index in [-0.39, 0.29) is 11.7 Å². The number of hydrogen-bond acceptors (Lipinski definition) is 5. The maximum atomic E-state index is 13.1. The van der Waals surface area contributed by atoms with E-state index in [1.807, 2.05) is 13.0 Å². The number of nitrogens with zero attached hydrogens (tertiary/aromatic N) is 4. The molecule has 1 N–H and O–H groups in total. The van der Waals surface area contributed by atoms with Crippen LogP contribution in [0.1, 0.15) is 54.4 Å². The summed E-state index contributed by atoms with van der Waals surface area (Å²) in [6.45, 7) is 6.14. The molecule has 2 fully saturated rings. The molecule has 11 heteroatoms. The molecule has 0 unspecified atom stereocenters. The Labute approximate surface area is 259 Å². The number of halogens is 4. The van der Waals surface area contributed by atoms with E-state index in [0.29, 0.717) is 34.7 Å². The standard InChI is InChI=1S/C33H35ClF3N5O2/c1-2-28-30(42-22-24(34)5-12-29(42)39-28)31(43)38-21-23-3-6-25(7-4-23)40-17-13-32(14-18-40)15-19-41(20-16-32)26-8-10-27(11-9-26)44-33(35,36)37/h3-12,22H,2,13-21H2,1H3,(H,38,43). The van der Waals surface area contributed by atoms with Gasteiger partial charge in [0.15, 0.2) is 0 Å². The summed E-state index contributed by atoms with van der Waals surface area (Å²) >= 11 is 6.17. The first kappa shape index (κ1) is 30.1. The Kier molecular flexibility index (Phi) is 8.37. The lowest BCUT2D eigenvalue weighted by Gasteiger charge is -2.48. The Hall–Kier alpha value is -3.92. The number of anilines is 2. The number of rotatable bonds is 7. The number of nitrogens with one attached hydrogen (secondary N) is 1. The Morgan fingerprint density at radius 2 is 1.48 bits per heavy atom. The lowest BCUT2D eigenvalue weighted by Crippen LogP contribution is -2.47. The molecule has 2 aliphatic heterocycles. The van der Waals surface area contributed by atoms with Crippen LogP contribution in [0.2, 0.25) is 5.02 Å². The van der Waals surface area contributed by atoms with Crippen molar-refractivity contribution in [1.82, 2.24) is 14.7 Å². The van der Waals surface area contributed by atoms with Crippen molar-refractivity contribution in [1.29, 1.82) is 0 Å². The minimum atomic E-state index is -4.68. The van der Waals surface area contributed by atoms with Crippen LogP contribution < -0.4 is 19.9 Å². The number of hydrogen-bond donors (Lipinski definition) is 1. The Morgan fingerprint density at radius 3 is 2.02 bits per heavy atom. The van der Waals surface area contributed by atoms with Crippen LogP contribution in [0.3, 0.4) is 0 Å². The summed E-state index contributed by atoms with van der Waals surface area (Å²) in [5.41, 5.74) is 5.38. The summed E-state index contributed by atoms with van der Waals surface area (Å²) in [6, 6.07) is 18.1. The molecule has 4 aromatic rings. The van der Waals surface area contributed by atoms with Gasteiger partial charge in [0.1, 0.15) is 17.1 Å². The molecule has 1 amide bonds. The van der Waals surface area contributed by atoms with Crippen molar-refractivity contribution >= 4 is 34.5 Å². The lowest BCUT2D eigenvalue weighted by molar-refractivity contribution is -0.274. The van der Waals surface area contributed by atoms with Gasteiger partial charge in [0, 0.05) is 50.3 Å². The van der Waals surface area contributed by atoms with Crippen LogP contribution in [-0.2, 0) is 13.0 Å². The quantitative estimate of drug-likeness (QED) is 0.234. The van der Waals surface area contributed by atoms with Crippen LogP contribution in [0.25, 0.3) is 5.65 Å². The van der Waals surface area contributed by atoms with Gasteiger partial charge in [0.2, 0.25) is 0 Å². The van der Waals surface area contributed by atoms with Crippen molar-refractivity contribution in [2.24, 2.45) is 5.41 Å². The van der Waals surface area contributed by atoms with Gasteiger partial charge >= 0.3 is 6.36 Å². The summed E-state index contributed by atoms with van der Waals surface area (Å²) in [4.78, 5) is 22.4. The number of carbonyl (C=O) groups excluding carboxylic acids is 1. The van der Waals surface area contributed by atoms with Gasteiger partial charge in [-0.15, -0.1) is 13.2 Å². The van der Waals surface area contributed by atoms with Crippen LogP contribution in [0.4, 0.5) is 24.5 Å². The number of alkyl halides is 3. The molecule has 232 valence electrons. The molecule has 2 saturated heterocycles. The topological polar surface area (TPSA) is 62.1 Å². The van der Waals surface area contributed by atoms with E-state index < -0.39 is 6.36 Å². The number of benzene rings is 2. The third-order valence-electron chi connectivity index (χ3n) is 9.04. The monoisotopic (exact) mass is 625 g/mol. The number of imidazole rings is 1. The molecule has 7 nitrogen and oxygen atoms in total. The fourth-order valence-electron chi connectivity index (χ4n) is 6.48. The molecule has 0 bridgehead atoms. The van der Waals surface area contributed by atoms with Crippen molar-refractivity contribution in [2.75, 3.05) is 36.0 Å². The molecule has 1 spiro atoms. The third kappa shape index (κ3) is 6.60. The maximum absolute atomic E-state index is 13.1. The third-order valence-corrected chi connectivity index (χ3v) is 9.27. The predicted molar refractivity (Wildman–Crippen MR) is 166 cm³/mol. The Morgan fingerprint density at radius 1 is 0.909 bits per heavy atom. The maximum Gasteiger partial charge on any atom is 0.573 e. The van der Waals surface area contributed by atoms with E-state index in [0.717, 1.165) is 68.8 Å². The molecule has 6 rings (SSSR count). The van der Waals surface area contributed by atoms with Gasteiger partial charge in [-0.3, -0.25) is 9.20 Å². The highest BCUT2D eigenvalue weighted by molar-refractivity contribution is 6.30. The van der Waals surface area contributed by atoms with Crippen molar-refractivity contribution in [3.05, 3.63) is 88.8 Å². The van der Waals surface area contributed by atoms with E-state index in [1.54, 1.807) is 28.8 Å². The van der Waals surface area contributed by atoms with Gasteiger partial charge in [0.05, 0.1) is 10.7 Å². The number of aryl methyl sites for hydroxylation is 1. The summed E-state index contributed by atoms with van der Waals surface area (Å²) < 4.78 is 43.2. The van der Waals surface area contributed by atoms with Crippen molar-refractivity contribution in [2.45, 2.75) is 51.9 Å². The molecule has 2 aliphatic rings. The van der Waals surface area contributed by atoms with Crippen LogP contribution in [0.15, 0.2) is 66.9 Å². The van der Waals surface area contributed by atoms with Gasteiger partial charge in [-0.1, -0.05) is 30.7 Å². The molecule has 0 radical (unpaired) electrons. The van der Waals surface area contributed by atoms with E-state index in [2.05, 4.69) is 49.1 Å². The first-order valence-corrected chi connectivity index (χ1v) is 15.4. The molecule has 4 heterocycles. The van der Waals surface area contributed by atoms with Crippen LogP contribution >= 0.6 is 11.6 Å². The van der Waals surface area contributed by atoms with Gasteiger partial charge in [-0.2, -0.15) is 0 Å². The summed E-state index contributed by atoms with van der Waals surface area (Å²) in [7, 11) is 0. The van der Waals surface area contributed by atoms with Crippen LogP contribution in [0, 0.1) is 5.41 Å². The molecular formula is C33H35ClF3N5O2. The Bertz CT molecular complexity index is 1600. The second kappa shape index (κ2) is 12.2. The normalized spacial score (nSPS) is 16.8. The second-order valence-electron chi connectivity index (χ2n) is 11.7. The summed E-state index contributed by atoms with van der Waals surface area (Å²) in [5, 5.41) is 3.59. The van der Waals surface area contributed by atoms with Crippen molar-refractivity contribution < 1.29 is 22.7 Å². The highest BCUT2D eigenvalue weighted by Gasteiger charge is 2.38. The first-order chi connectivity index (χ1) is 21.1. The number of aromatic nitrogens is 2. The zero-order chi connectivity index (χ0) is 30.9. The van der Waals surface area contributed by atoms with Crippen molar-refractivity contribution in [3.63, 3.8) is 0 Å². The summed E-state index contributed by atoms with van der Waals surface area (Å²) in [6.07, 6.45) is 2.04. The van der Waals surface area contributed by atoms with E-state index >= 15 is 0 Å². The van der Waals surface area contributed by atoms with Crippen LogP contribution in [-0.4, -0.2) is 47.8 Å². The minimum absolute atomic E-state index is 0.180. The summed E-state index contributed by atoms with van der Waals surface area (Å²) in [5.74, 6) is -0.375. The van der Waals surface area contributed by atoms with Gasteiger partial charge in [-0.25, -0.2) is 4.98 Å². The molecule has 2 aromatic carbocycles. The average molecular weight is 626 g/mol. The van der Waals surface area contributed by atoms with Crippen LogP contribution in [0.5, 0.6) is 5.75 Å². The fourth-order valence-corrected chi connectivity index (χ4v) is 6.64. The molecule has 0 atom stereocenters. The number of amides is 1. The minimum Gasteiger partial charge on any atom is -0.406 e. The number of fused-ring (bicyclic) bond motifs is 1. The van der Waals surface area contributed by atoms with Crippen molar-refractivity contribution in [3.8, 4) is 5.75 Å². The molecule has 2 aromatic heterocycles. The number of ether oxygens (including phenoxy) is 1. The highest BCUT2D eigenvalue weighted by Crippen LogP contribution is 2.43.